The van der Waals surface area contributed by atoms with Crippen LogP contribution in [0.2, 0.25) is 0 Å². The molecule has 1 aromatic rings. The van der Waals surface area contributed by atoms with E-state index in [0.717, 1.165) is 17.7 Å². The maximum Gasteiger partial charge on any atom is 0.338 e. The first-order valence-corrected chi connectivity index (χ1v) is 8.54. The van der Waals surface area contributed by atoms with E-state index in [1.54, 1.807) is 31.3 Å². The summed E-state index contributed by atoms with van der Waals surface area (Å²) in [5.41, 5.74) is 0.476. The Bertz CT molecular complexity index is 636. The van der Waals surface area contributed by atoms with Gasteiger partial charge in [-0.25, -0.2) is 4.79 Å². The Morgan fingerprint density at radius 2 is 2.04 bits per heavy atom. The number of rotatable bonds is 6. The van der Waals surface area contributed by atoms with Crippen LogP contribution in [0.3, 0.4) is 0 Å². The maximum absolute atomic E-state index is 12.5. The molecule has 0 spiro atoms. The van der Waals surface area contributed by atoms with Crippen LogP contribution in [0.15, 0.2) is 30.3 Å². The fourth-order valence-corrected chi connectivity index (χ4v) is 4.19. The van der Waals surface area contributed by atoms with Gasteiger partial charge in [0.25, 0.3) is 6.47 Å². The molecule has 1 aromatic carbocycles. The molecule has 0 aromatic heterocycles. The molecule has 25 heavy (non-hydrogen) atoms. The minimum Gasteiger partial charge on any atom is -0.457 e. The fourth-order valence-electron chi connectivity index (χ4n) is 4.19. The number of esters is 1. The second-order valence-electron chi connectivity index (χ2n) is 6.55. The van der Waals surface area contributed by atoms with Crippen molar-refractivity contribution in [2.75, 3.05) is 13.8 Å². The van der Waals surface area contributed by atoms with Gasteiger partial charge in [0.15, 0.2) is 0 Å². The lowest BCUT2D eigenvalue weighted by molar-refractivity contribution is -0.960. The van der Waals surface area contributed by atoms with Gasteiger partial charge in [-0.3, -0.25) is 14.5 Å². The van der Waals surface area contributed by atoms with Gasteiger partial charge in [-0.05, 0) is 12.1 Å². The van der Waals surface area contributed by atoms with Crippen LogP contribution in [0.1, 0.15) is 29.6 Å². The molecule has 134 valence electrons. The normalized spacial score (nSPS) is 30.4. The molecule has 2 heterocycles. The Morgan fingerprint density at radius 1 is 1.28 bits per heavy atom. The predicted octanol–water partition coefficient (Wildman–Crippen LogP) is -0.476. The van der Waals surface area contributed by atoms with Crippen molar-refractivity contribution < 1.29 is 28.8 Å². The van der Waals surface area contributed by atoms with E-state index < -0.39 is 18.0 Å². The number of amides is 1. The number of carbonyl (C=O) groups excluding carboxylic acids is 3. The second-order valence-corrected chi connectivity index (χ2v) is 6.55. The minimum absolute atomic E-state index is 0.0211. The molecule has 1 amide bonds. The van der Waals surface area contributed by atoms with Crippen molar-refractivity contribution in [2.24, 2.45) is 5.92 Å². The first-order chi connectivity index (χ1) is 12.2. The molecule has 7 heteroatoms. The molecule has 2 bridgehead atoms. The topological polar surface area (TPSA) is 86.1 Å². The van der Waals surface area contributed by atoms with E-state index >= 15 is 0 Å². The molecular formula is C18H23N2O5+. The lowest BCUT2D eigenvalue weighted by atomic mass is 9.86. The molecule has 3 rings (SSSR count). The number of fused-ring (bicyclic) bond motifs is 2. The largest absolute Gasteiger partial charge is 0.457 e. The molecular weight excluding hydrogens is 324 g/mol. The Balaban J connectivity index is 1.78. The van der Waals surface area contributed by atoms with Crippen LogP contribution in [0.5, 0.6) is 0 Å². The molecule has 0 saturated carbocycles. The predicted molar refractivity (Wildman–Crippen MR) is 87.6 cm³/mol. The van der Waals surface area contributed by atoms with Crippen LogP contribution in [-0.2, 0) is 19.1 Å². The summed E-state index contributed by atoms with van der Waals surface area (Å²) in [7, 11) is 1.58. The van der Waals surface area contributed by atoms with Gasteiger partial charge in [0, 0.05) is 26.3 Å². The van der Waals surface area contributed by atoms with Crippen molar-refractivity contribution in [2.45, 2.75) is 37.5 Å². The number of hydrogen-bond donors (Lipinski definition) is 2. The first-order valence-electron chi connectivity index (χ1n) is 8.54. The van der Waals surface area contributed by atoms with E-state index in [1.165, 1.54) is 0 Å². The summed E-state index contributed by atoms with van der Waals surface area (Å²) in [4.78, 5) is 36.5. The highest BCUT2D eigenvalue weighted by Gasteiger charge is 2.55. The van der Waals surface area contributed by atoms with Crippen molar-refractivity contribution in [3.8, 4) is 0 Å². The lowest BCUT2D eigenvalue weighted by Gasteiger charge is -2.39. The average molecular weight is 347 g/mol. The molecule has 5 atom stereocenters. The highest BCUT2D eigenvalue weighted by molar-refractivity contribution is 5.90. The summed E-state index contributed by atoms with van der Waals surface area (Å²) in [5, 5.41) is 2.68. The van der Waals surface area contributed by atoms with E-state index in [4.69, 9.17) is 9.47 Å². The van der Waals surface area contributed by atoms with Gasteiger partial charge < -0.3 is 14.8 Å². The van der Waals surface area contributed by atoms with Crippen LogP contribution in [0.4, 0.5) is 0 Å². The number of nitrogens with one attached hydrogen (secondary N) is 2. The van der Waals surface area contributed by atoms with E-state index in [1.807, 2.05) is 6.07 Å². The van der Waals surface area contributed by atoms with Gasteiger partial charge in [-0.2, -0.15) is 0 Å². The molecule has 2 aliphatic heterocycles. The van der Waals surface area contributed by atoms with E-state index in [9.17, 15) is 14.4 Å². The van der Waals surface area contributed by atoms with E-state index in [-0.39, 0.29) is 24.7 Å². The van der Waals surface area contributed by atoms with Crippen molar-refractivity contribution >= 4 is 18.3 Å². The molecule has 4 unspecified atom stereocenters. The molecule has 0 aliphatic carbocycles. The Hall–Kier alpha value is -2.41. The molecule has 7 nitrogen and oxygen atoms in total. The molecule has 0 radical (unpaired) electrons. The molecule has 2 saturated heterocycles. The highest BCUT2D eigenvalue weighted by Crippen LogP contribution is 2.31. The van der Waals surface area contributed by atoms with Crippen molar-refractivity contribution in [3.63, 3.8) is 0 Å². The van der Waals surface area contributed by atoms with Crippen LogP contribution in [0.25, 0.3) is 0 Å². The fraction of sp³-hybridized carbons (Fsp3) is 0.500. The van der Waals surface area contributed by atoms with Gasteiger partial charge in [-0.15, -0.1) is 0 Å². The van der Waals surface area contributed by atoms with Gasteiger partial charge in [0.1, 0.15) is 18.1 Å². The Kier molecular flexibility index (Phi) is 5.33. The standard InChI is InChI=1S/C18H22N2O5/c1-19-17(22)16-14-8-7-13(20(14)10-24-11-21)9-15(16)25-18(23)12-5-3-2-4-6-12/h2-6,11,13-16H,7-10H2,1H3,(H,19,22)/p+1/t13?,14?,15?,16-/m1/s1. The summed E-state index contributed by atoms with van der Waals surface area (Å²) in [5.74, 6) is -0.993. The third-order valence-electron chi connectivity index (χ3n) is 5.31. The number of benzene rings is 1. The zero-order valence-corrected chi connectivity index (χ0v) is 14.1. The van der Waals surface area contributed by atoms with Crippen LogP contribution >= 0.6 is 0 Å². The first kappa shape index (κ1) is 17.4. The van der Waals surface area contributed by atoms with Crippen molar-refractivity contribution in [1.29, 1.82) is 0 Å². The summed E-state index contributed by atoms with van der Waals surface area (Å²) in [6.45, 7) is 0.675. The smallest absolute Gasteiger partial charge is 0.338 e. The van der Waals surface area contributed by atoms with Crippen LogP contribution in [-0.4, -0.2) is 50.3 Å². The average Bonchev–Trinajstić information content (AvgIpc) is 2.92. The van der Waals surface area contributed by atoms with Gasteiger partial charge in [-0.1, -0.05) is 18.2 Å². The number of ether oxygens (including phenoxy) is 2. The number of quaternary nitrogens is 1. The van der Waals surface area contributed by atoms with E-state index in [2.05, 4.69) is 5.32 Å². The van der Waals surface area contributed by atoms with E-state index in [0.29, 0.717) is 18.5 Å². The van der Waals surface area contributed by atoms with Crippen molar-refractivity contribution in [3.05, 3.63) is 35.9 Å². The zero-order valence-electron chi connectivity index (χ0n) is 14.1. The van der Waals surface area contributed by atoms with Gasteiger partial charge in [0.05, 0.1) is 11.6 Å². The summed E-state index contributed by atoms with van der Waals surface area (Å²) in [6, 6.07) is 8.99. The highest BCUT2D eigenvalue weighted by atomic mass is 16.5. The maximum atomic E-state index is 12.5. The summed E-state index contributed by atoms with van der Waals surface area (Å²) >= 11 is 0. The lowest BCUT2D eigenvalue weighted by Crippen LogP contribution is -3.19. The van der Waals surface area contributed by atoms with Gasteiger partial charge >= 0.3 is 5.97 Å². The quantitative estimate of drug-likeness (QED) is 0.536. The van der Waals surface area contributed by atoms with Crippen LogP contribution in [0, 0.1) is 5.92 Å². The summed E-state index contributed by atoms with van der Waals surface area (Å²) in [6.07, 6.45) is 1.89. The van der Waals surface area contributed by atoms with Crippen molar-refractivity contribution in [1.82, 2.24) is 5.32 Å². The molecule has 2 N–H and O–H groups in total. The second kappa shape index (κ2) is 7.65. The third-order valence-corrected chi connectivity index (χ3v) is 5.31. The summed E-state index contributed by atoms with van der Waals surface area (Å²) < 4.78 is 10.7. The minimum atomic E-state index is -0.467. The third kappa shape index (κ3) is 3.51. The number of hydrogen-bond acceptors (Lipinski definition) is 5. The Morgan fingerprint density at radius 3 is 2.72 bits per heavy atom. The number of piperidine rings is 1. The number of carbonyl (C=O) groups is 3. The Labute approximate surface area is 146 Å². The molecule has 2 aliphatic rings. The monoisotopic (exact) mass is 347 g/mol. The molecule has 2 fully saturated rings. The SMILES string of the molecule is CNC(=O)[C@H]1C(OC(=O)c2ccccc2)CC2CCC1[NH+]2COC=O. The zero-order chi connectivity index (χ0) is 17.8. The van der Waals surface area contributed by atoms with Crippen LogP contribution < -0.4 is 10.2 Å². The van der Waals surface area contributed by atoms with Gasteiger partial charge in [0.2, 0.25) is 12.6 Å².